The van der Waals surface area contributed by atoms with E-state index >= 15 is 0 Å². The molecule has 0 unspecified atom stereocenters. The number of fused-ring (bicyclic) bond motifs is 1. The molecule has 11 heteroatoms. The fourth-order valence-corrected chi connectivity index (χ4v) is 5.56. The Morgan fingerprint density at radius 3 is 2.64 bits per heavy atom. The molecule has 0 radical (unpaired) electrons. The van der Waals surface area contributed by atoms with Crippen LogP contribution in [0.2, 0.25) is 5.02 Å². The first-order valence-electron chi connectivity index (χ1n) is 10.8. The number of carbonyl (C=O) groups is 1. The van der Waals surface area contributed by atoms with Crippen LogP contribution in [0.1, 0.15) is 39.2 Å². The number of carbonyl (C=O) groups excluding carboxylic acids is 1. The van der Waals surface area contributed by atoms with Gasteiger partial charge in [0.2, 0.25) is 15.9 Å². The van der Waals surface area contributed by atoms with Gasteiger partial charge in [0.05, 0.1) is 22.1 Å². The largest absolute Gasteiger partial charge is 0.323 e. The molecule has 1 saturated heterocycles. The van der Waals surface area contributed by atoms with Gasteiger partial charge in [-0.05, 0) is 62.6 Å². The second kappa shape index (κ2) is 9.36. The Hall–Kier alpha value is -2.56. The zero-order valence-corrected chi connectivity index (χ0v) is 19.9. The van der Waals surface area contributed by atoms with E-state index in [0.717, 1.165) is 18.0 Å². The molecule has 1 N–H and O–H groups in total. The third kappa shape index (κ3) is 4.73. The molecule has 2 aromatic carbocycles. The minimum atomic E-state index is -3.74. The highest BCUT2D eigenvalue weighted by atomic mass is 35.5. The molecule has 0 spiro atoms. The van der Waals surface area contributed by atoms with E-state index in [1.54, 1.807) is 22.9 Å². The number of benzene rings is 2. The van der Waals surface area contributed by atoms with Crippen molar-refractivity contribution in [2.24, 2.45) is 5.92 Å². The van der Waals surface area contributed by atoms with Crippen LogP contribution < -0.4 is 5.32 Å². The molecule has 33 heavy (non-hydrogen) atoms. The van der Waals surface area contributed by atoms with Crippen molar-refractivity contribution < 1.29 is 17.6 Å². The van der Waals surface area contributed by atoms with Gasteiger partial charge in [0, 0.05) is 24.0 Å². The average molecular weight is 494 g/mol. The van der Waals surface area contributed by atoms with Crippen molar-refractivity contribution in [1.82, 2.24) is 19.3 Å². The van der Waals surface area contributed by atoms with Crippen molar-refractivity contribution in [3.63, 3.8) is 0 Å². The maximum atomic E-state index is 14.0. The van der Waals surface area contributed by atoms with Crippen LogP contribution in [-0.2, 0) is 14.8 Å². The molecule has 1 aromatic heterocycles. The summed E-state index contributed by atoms with van der Waals surface area (Å²) < 4.78 is 43.5. The average Bonchev–Trinajstić information content (AvgIpc) is 3.24. The van der Waals surface area contributed by atoms with Crippen molar-refractivity contribution >= 4 is 44.3 Å². The number of nitrogens with one attached hydrogen (secondary N) is 1. The number of rotatable bonds is 6. The van der Waals surface area contributed by atoms with E-state index in [0.29, 0.717) is 18.4 Å². The Bertz CT molecular complexity index is 1290. The highest BCUT2D eigenvalue weighted by Gasteiger charge is 2.32. The first kappa shape index (κ1) is 23.6. The number of piperidine rings is 1. The lowest BCUT2D eigenvalue weighted by Crippen LogP contribution is -2.41. The zero-order chi connectivity index (χ0) is 23.8. The summed E-state index contributed by atoms with van der Waals surface area (Å²) in [6.07, 6.45) is 1.56. The van der Waals surface area contributed by atoms with Crippen LogP contribution in [0.3, 0.4) is 0 Å². The van der Waals surface area contributed by atoms with E-state index in [-0.39, 0.29) is 40.6 Å². The SMILES string of the molecule is CC[C@@H](C)n1nnc2cc(S(=O)(=O)N3CCC(C(=O)Nc4ccc(Cl)cc4F)CC3)ccc21. The molecule has 1 atom stereocenters. The maximum absolute atomic E-state index is 14.0. The lowest BCUT2D eigenvalue weighted by molar-refractivity contribution is -0.120. The first-order chi connectivity index (χ1) is 15.7. The Kier molecular flexibility index (Phi) is 6.69. The molecule has 1 fully saturated rings. The van der Waals surface area contributed by atoms with E-state index in [1.807, 2.05) is 13.8 Å². The van der Waals surface area contributed by atoms with Gasteiger partial charge in [-0.2, -0.15) is 4.31 Å². The van der Waals surface area contributed by atoms with Crippen LogP contribution in [-0.4, -0.2) is 46.7 Å². The summed E-state index contributed by atoms with van der Waals surface area (Å²) in [5, 5.41) is 11.1. The Morgan fingerprint density at radius 2 is 1.97 bits per heavy atom. The van der Waals surface area contributed by atoms with Crippen LogP contribution in [0.5, 0.6) is 0 Å². The highest BCUT2D eigenvalue weighted by Crippen LogP contribution is 2.28. The number of hydrogen-bond donors (Lipinski definition) is 1. The molecule has 0 bridgehead atoms. The van der Waals surface area contributed by atoms with Crippen LogP contribution in [0.15, 0.2) is 41.3 Å². The molecule has 0 saturated carbocycles. The fourth-order valence-electron chi connectivity index (χ4n) is 3.91. The number of halogens is 2. The molecule has 1 aliphatic heterocycles. The summed E-state index contributed by atoms with van der Waals surface area (Å²) in [6, 6.07) is 9.03. The van der Waals surface area contributed by atoms with Gasteiger partial charge in [0.25, 0.3) is 0 Å². The summed E-state index contributed by atoms with van der Waals surface area (Å²) in [5.41, 5.74) is 1.36. The Labute approximate surface area is 196 Å². The molecule has 0 aliphatic carbocycles. The standard InChI is InChI=1S/C22H25ClFN5O3S/c1-3-14(2)29-21-7-5-17(13-20(21)26-27-29)33(31,32)28-10-8-15(9-11-28)22(30)25-19-6-4-16(23)12-18(19)24/h4-7,12-15H,3,8-11H2,1-2H3,(H,25,30)/t14-/m1/s1. The smallest absolute Gasteiger partial charge is 0.243 e. The van der Waals surface area contributed by atoms with Crippen LogP contribution >= 0.6 is 11.6 Å². The third-order valence-electron chi connectivity index (χ3n) is 6.10. The summed E-state index contributed by atoms with van der Waals surface area (Å²) in [7, 11) is -3.74. The number of aromatic nitrogens is 3. The Balaban J connectivity index is 1.44. The van der Waals surface area contributed by atoms with Gasteiger partial charge in [-0.1, -0.05) is 23.7 Å². The Morgan fingerprint density at radius 1 is 1.24 bits per heavy atom. The number of anilines is 1. The topological polar surface area (TPSA) is 97.2 Å². The van der Waals surface area contributed by atoms with E-state index in [2.05, 4.69) is 15.6 Å². The van der Waals surface area contributed by atoms with Gasteiger partial charge in [-0.3, -0.25) is 4.79 Å². The van der Waals surface area contributed by atoms with Crippen LogP contribution in [0.4, 0.5) is 10.1 Å². The van der Waals surface area contributed by atoms with E-state index in [4.69, 9.17) is 11.6 Å². The molecule has 1 amide bonds. The molecule has 4 rings (SSSR count). The molecule has 2 heterocycles. The van der Waals surface area contributed by atoms with Gasteiger partial charge in [0.1, 0.15) is 11.3 Å². The van der Waals surface area contributed by atoms with Crippen molar-refractivity contribution in [2.45, 2.75) is 44.0 Å². The van der Waals surface area contributed by atoms with Crippen molar-refractivity contribution in [2.75, 3.05) is 18.4 Å². The summed E-state index contributed by atoms with van der Waals surface area (Å²) in [6.45, 7) is 4.47. The van der Waals surface area contributed by atoms with E-state index in [1.165, 1.54) is 16.4 Å². The van der Waals surface area contributed by atoms with Crippen molar-refractivity contribution in [1.29, 1.82) is 0 Å². The molecular formula is C22H25ClFN5O3S. The molecule has 176 valence electrons. The van der Waals surface area contributed by atoms with Gasteiger partial charge in [0.15, 0.2) is 0 Å². The van der Waals surface area contributed by atoms with Gasteiger partial charge in [-0.25, -0.2) is 17.5 Å². The first-order valence-corrected chi connectivity index (χ1v) is 12.6. The normalized spacial score (nSPS) is 16.7. The van der Waals surface area contributed by atoms with Crippen LogP contribution in [0.25, 0.3) is 11.0 Å². The lowest BCUT2D eigenvalue weighted by Gasteiger charge is -2.30. The monoisotopic (exact) mass is 493 g/mol. The van der Waals surface area contributed by atoms with Gasteiger partial charge >= 0.3 is 0 Å². The second-order valence-electron chi connectivity index (χ2n) is 8.23. The van der Waals surface area contributed by atoms with Crippen molar-refractivity contribution in [3.8, 4) is 0 Å². The molecule has 3 aromatic rings. The second-order valence-corrected chi connectivity index (χ2v) is 10.6. The number of hydrogen-bond acceptors (Lipinski definition) is 5. The lowest BCUT2D eigenvalue weighted by atomic mass is 9.97. The van der Waals surface area contributed by atoms with Crippen molar-refractivity contribution in [3.05, 3.63) is 47.2 Å². The summed E-state index contributed by atoms with van der Waals surface area (Å²) in [5.74, 6) is -1.36. The molecular weight excluding hydrogens is 469 g/mol. The van der Waals surface area contributed by atoms with E-state index in [9.17, 15) is 17.6 Å². The molecule has 1 aliphatic rings. The van der Waals surface area contributed by atoms with Gasteiger partial charge in [-0.15, -0.1) is 5.10 Å². The van der Waals surface area contributed by atoms with E-state index < -0.39 is 21.8 Å². The quantitative estimate of drug-likeness (QED) is 0.554. The fraction of sp³-hybridized carbons (Fsp3) is 0.409. The number of nitrogens with zero attached hydrogens (tertiary/aromatic N) is 4. The summed E-state index contributed by atoms with van der Waals surface area (Å²) in [4.78, 5) is 12.7. The highest BCUT2D eigenvalue weighted by molar-refractivity contribution is 7.89. The van der Waals surface area contributed by atoms with Gasteiger partial charge < -0.3 is 5.32 Å². The minimum Gasteiger partial charge on any atom is -0.323 e. The maximum Gasteiger partial charge on any atom is 0.243 e. The predicted molar refractivity (Wildman–Crippen MR) is 124 cm³/mol. The number of sulfonamides is 1. The summed E-state index contributed by atoms with van der Waals surface area (Å²) >= 11 is 5.74. The molecule has 8 nitrogen and oxygen atoms in total. The minimum absolute atomic E-state index is 0.0539. The third-order valence-corrected chi connectivity index (χ3v) is 8.23. The zero-order valence-electron chi connectivity index (χ0n) is 18.3. The number of amides is 1. The van der Waals surface area contributed by atoms with Crippen LogP contribution in [0, 0.1) is 11.7 Å². The predicted octanol–water partition coefficient (Wildman–Crippen LogP) is 4.23.